The van der Waals surface area contributed by atoms with Gasteiger partial charge in [0.05, 0.1) is 24.1 Å². The van der Waals surface area contributed by atoms with Crippen molar-refractivity contribution in [2.75, 3.05) is 7.11 Å². The summed E-state index contributed by atoms with van der Waals surface area (Å²) in [5, 5.41) is 4.82. The summed E-state index contributed by atoms with van der Waals surface area (Å²) in [4.78, 5) is 17.6. The summed E-state index contributed by atoms with van der Waals surface area (Å²) in [6, 6.07) is 11.1. The van der Waals surface area contributed by atoms with Crippen LogP contribution in [0.4, 0.5) is 0 Å². The Balaban J connectivity index is 1.67. The lowest BCUT2D eigenvalue weighted by molar-refractivity contribution is -0.133. The van der Waals surface area contributed by atoms with Crippen LogP contribution in [0.25, 0.3) is 9.88 Å². The lowest BCUT2D eigenvalue weighted by Gasteiger charge is -2.07. The fourth-order valence-corrected chi connectivity index (χ4v) is 3.55. The van der Waals surface area contributed by atoms with Crippen LogP contribution in [0.2, 0.25) is 0 Å². The summed E-state index contributed by atoms with van der Waals surface area (Å²) in [6.45, 7) is 0. The van der Waals surface area contributed by atoms with E-state index in [9.17, 15) is 4.79 Å². The number of hydrogen-bond donors (Lipinski definition) is 0. The number of aromatic nitrogens is 1. The highest BCUT2D eigenvalue weighted by atomic mass is 32.1. The van der Waals surface area contributed by atoms with Gasteiger partial charge in [-0.05, 0) is 23.6 Å². The van der Waals surface area contributed by atoms with Crippen molar-refractivity contribution in [1.82, 2.24) is 4.98 Å². The van der Waals surface area contributed by atoms with Crippen LogP contribution in [-0.2, 0) is 11.2 Å². The fraction of sp³-hybridized carbons (Fsp3) is 0.125. The van der Waals surface area contributed by atoms with E-state index in [1.165, 1.54) is 11.3 Å². The lowest BCUT2D eigenvalue weighted by Crippen LogP contribution is -2.12. The van der Waals surface area contributed by atoms with Gasteiger partial charge in [0, 0.05) is 5.38 Å². The summed E-state index contributed by atoms with van der Waals surface area (Å²) in [5.74, 6) is 0.602. The van der Waals surface area contributed by atoms with Gasteiger partial charge in [0.2, 0.25) is 0 Å². The van der Waals surface area contributed by atoms with Crippen LogP contribution in [0.5, 0.6) is 11.5 Å². The molecule has 0 aliphatic carbocycles. The molecular weight excluding hydrogens is 318 g/mol. The standard InChI is InChI=1S/C16H13NO3S2/c1-19-12-5-2-3-6-13(12)20-15(18)9-11-10-22-16(17-11)14-7-4-8-21-14/h2-8,10H,9H2,1H3. The Hall–Kier alpha value is -2.18. The quantitative estimate of drug-likeness (QED) is 0.523. The number of hydrogen-bond acceptors (Lipinski definition) is 6. The summed E-state index contributed by atoms with van der Waals surface area (Å²) in [5.41, 5.74) is 0.716. The van der Waals surface area contributed by atoms with Gasteiger partial charge in [-0.15, -0.1) is 22.7 Å². The monoisotopic (exact) mass is 331 g/mol. The zero-order chi connectivity index (χ0) is 15.4. The van der Waals surface area contributed by atoms with Crippen LogP contribution in [0.15, 0.2) is 47.2 Å². The molecule has 0 atom stereocenters. The van der Waals surface area contributed by atoms with Crippen LogP contribution in [0.1, 0.15) is 5.69 Å². The topological polar surface area (TPSA) is 48.4 Å². The highest BCUT2D eigenvalue weighted by molar-refractivity contribution is 7.20. The Morgan fingerprint density at radius 2 is 1.95 bits per heavy atom. The molecule has 1 aromatic carbocycles. The highest BCUT2D eigenvalue weighted by Crippen LogP contribution is 2.29. The molecule has 0 saturated heterocycles. The van der Waals surface area contributed by atoms with E-state index < -0.39 is 0 Å². The van der Waals surface area contributed by atoms with Crippen molar-refractivity contribution >= 4 is 28.6 Å². The largest absolute Gasteiger partial charge is 0.493 e. The number of methoxy groups -OCH3 is 1. The Kier molecular flexibility index (Phi) is 4.50. The van der Waals surface area contributed by atoms with Crippen molar-refractivity contribution in [3.63, 3.8) is 0 Å². The second-order valence-electron chi connectivity index (χ2n) is 4.42. The molecule has 0 aliphatic rings. The van der Waals surface area contributed by atoms with Crippen molar-refractivity contribution < 1.29 is 14.3 Å². The number of nitrogens with zero attached hydrogens (tertiary/aromatic N) is 1. The van der Waals surface area contributed by atoms with E-state index in [1.54, 1.807) is 36.6 Å². The zero-order valence-corrected chi connectivity index (χ0v) is 13.4. The Bertz CT molecular complexity index is 765. The number of benzene rings is 1. The second kappa shape index (κ2) is 6.72. The average Bonchev–Trinajstić information content (AvgIpc) is 3.18. The van der Waals surface area contributed by atoms with Gasteiger partial charge in [0.1, 0.15) is 5.01 Å². The van der Waals surface area contributed by atoms with Gasteiger partial charge in [-0.25, -0.2) is 4.98 Å². The van der Waals surface area contributed by atoms with Crippen LogP contribution >= 0.6 is 22.7 Å². The third-order valence-electron chi connectivity index (χ3n) is 2.90. The molecule has 0 unspecified atom stereocenters. The van der Waals surface area contributed by atoms with Crippen molar-refractivity contribution in [2.45, 2.75) is 6.42 Å². The van der Waals surface area contributed by atoms with Gasteiger partial charge in [0.25, 0.3) is 0 Å². The fourth-order valence-electron chi connectivity index (χ4n) is 1.91. The summed E-state index contributed by atoms with van der Waals surface area (Å²) in [6.07, 6.45) is 0.139. The molecule has 2 heterocycles. The first-order chi connectivity index (χ1) is 10.8. The Labute approximate surface area is 136 Å². The molecule has 0 N–H and O–H groups in total. The molecule has 0 spiro atoms. The molecule has 0 radical (unpaired) electrons. The number of esters is 1. The SMILES string of the molecule is COc1ccccc1OC(=O)Cc1csc(-c2cccs2)n1. The minimum atomic E-state index is -0.354. The number of thiophene rings is 1. The lowest BCUT2D eigenvalue weighted by atomic mass is 10.3. The summed E-state index contributed by atoms with van der Waals surface area (Å²) < 4.78 is 10.5. The molecule has 0 saturated carbocycles. The Morgan fingerprint density at radius 1 is 1.14 bits per heavy atom. The molecule has 2 aromatic heterocycles. The summed E-state index contributed by atoms with van der Waals surface area (Å²) in [7, 11) is 1.54. The van der Waals surface area contributed by atoms with Crippen molar-refractivity contribution in [2.24, 2.45) is 0 Å². The first-order valence-electron chi connectivity index (χ1n) is 6.58. The minimum absolute atomic E-state index is 0.139. The molecule has 0 aliphatic heterocycles. The maximum absolute atomic E-state index is 12.0. The van der Waals surface area contributed by atoms with Gasteiger partial charge >= 0.3 is 5.97 Å². The van der Waals surface area contributed by atoms with Crippen molar-refractivity contribution in [1.29, 1.82) is 0 Å². The molecule has 4 nitrogen and oxygen atoms in total. The second-order valence-corrected chi connectivity index (χ2v) is 6.23. The third-order valence-corrected chi connectivity index (χ3v) is 4.83. The number of ether oxygens (including phenoxy) is 2. The minimum Gasteiger partial charge on any atom is -0.493 e. The number of carbonyl (C=O) groups is 1. The molecule has 0 amide bonds. The average molecular weight is 331 g/mol. The molecule has 6 heteroatoms. The van der Waals surface area contributed by atoms with E-state index in [2.05, 4.69) is 4.98 Å². The maximum Gasteiger partial charge on any atom is 0.317 e. The first kappa shape index (κ1) is 14.7. The third kappa shape index (κ3) is 3.35. The van der Waals surface area contributed by atoms with E-state index in [4.69, 9.17) is 9.47 Å². The number of rotatable bonds is 5. The van der Waals surface area contributed by atoms with E-state index >= 15 is 0 Å². The van der Waals surface area contributed by atoms with Gasteiger partial charge < -0.3 is 9.47 Å². The predicted molar refractivity (Wildman–Crippen MR) is 87.8 cm³/mol. The van der Waals surface area contributed by atoms with E-state index in [0.29, 0.717) is 17.2 Å². The highest BCUT2D eigenvalue weighted by Gasteiger charge is 2.13. The molecule has 0 bridgehead atoms. The van der Waals surface area contributed by atoms with Gasteiger partial charge in [0.15, 0.2) is 11.5 Å². The molecule has 112 valence electrons. The van der Waals surface area contributed by atoms with E-state index in [-0.39, 0.29) is 12.4 Å². The molecule has 3 aromatic rings. The normalized spacial score (nSPS) is 10.4. The molecular formula is C16H13NO3S2. The number of thiazole rings is 1. The molecule has 0 fully saturated rings. The van der Waals surface area contributed by atoms with E-state index in [0.717, 1.165) is 9.88 Å². The number of para-hydroxylation sites is 2. The van der Waals surface area contributed by atoms with Crippen LogP contribution in [-0.4, -0.2) is 18.1 Å². The van der Waals surface area contributed by atoms with E-state index in [1.807, 2.05) is 29.0 Å². The first-order valence-corrected chi connectivity index (χ1v) is 8.34. The molecule has 22 heavy (non-hydrogen) atoms. The number of carbonyl (C=O) groups excluding carboxylic acids is 1. The van der Waals surface area contributed by atoms with Crippen LogP contribution in [0, 0.1) is 0 Å². The van der Waals surface area contributed by atoms with Crippen LogP contribution < -0.4 is 9.47 Å². The maximum atomic E-state index is 12.0. The smallest absolute Gasteiger partial charge is 0.317 e. The predicted octanol–water partition coefficient (Wildman–Crippen LogP) is 4.03. The zero-order valence-electron chi connectivity index (χ0n) is 11.8. The van der Waals surface area contributed by atoms with Crippen molar-refractivity contribution in [3.8, 4) is 21.4 Å². The Morgan fingerprint density at radius 3 is 2.68 bits per heavy atom. The van der Waals surface area contributed by atoms with Gasteiger partial charge in [-0.1, -0.05) is 18.2 Å². The van der Waals surface area contributed by atoms with Crippen LogP contribution in [0.3, 0.4) is 0 Å². The summed E-state index contributed by atoms with van der Waals surface area (Å²) >= 11 is 3.16. The van der Waals surface area contributed by atoms with Crippen molar-refractivity contribution in [3.05, 3.63) is 52.9 Å². The van der Waals surface area contributed by atoms with Gasteiger partial charge in [-0.3, -0.25) is 4.79 Å². The van der Waals surface area contributed by atoms with Gasteiger partial charge in [-0.2, -0.15) is 0 Å². The molecule has 3 rings (SSSR count).